The zero-order valence-corrected chi connectivity index (χ0v) is 12.3. The van der Waals surface area contributed by atoms with Crippen molar-refractivity contribution >= 4 is 17.2 Å². The topological polar surface area (TPSA) is 44.5 Å². The lowest BCUT2D eigenvalue weighted by molar-refractivity contribution is -0.0326. The molecule has 0 aliphatic carbocycles. The van der Waals surface area contributed by atoms with Gasteiger partial charge in [-0.05, 0) is 44.4 Å². The van der Waals surface area contributed by atoms with Gasteiger partial charge in [0.15, 0.2) is 0 Å². The van der Waals surface area contributed by atoms with E-state index in [0.717, 1.165) is 24.2 Å². The van der Waals surface area contributed by atoms with Gasteiger partial charge in [-0.25, -0.2) is 0 Å². The molecule has 1 fully saturated rings. The van der Waals surface area contributed by atoms with Gasteiger partial charge in [0.1, 0.15) is 12.4 Å². The van der Waals surface area contributed by atoms with E-state index in [0.29, 0.717) is 18.0 Å². The summed E-state index contributed by atoms with van der Waals surface area (Å²) in [5.74, 6) is 0.861. The van der Waals surface area contributed by atoms with Crippen molar-refractivity contribution in [2.45, 2.75) is 44.8 Å². The maximum absolute atomic E-state index is 5.89. The number of thiocarbonyl (C=S) groups is 1. The number of benzene rings is 1. The molecule has 0 aromatic heterocycles. The van der Waals surface area contributed by atoms with Crippen LogP contribution >= 0.6 is 12.2 Å². The molecule has 0 saturated carbocycles. The van der Waals surface area contributed by atoms with E-state index in [4.69, 9.17) is 27.4 Å². The van der Waals surface area contributed by atoms with Crippen molar-refractivity contribution in [2.24, 2.45) is 5.73 Å². The lowest BCUT2D eigenvalue weighted by Gasteiger charge is -2.19. The van der Waals surface area contributed by atoms with E-state index in [9.17, 15) is 0 Å². The molecule has 19 heavy (non-hydrogen) atoms. The van der Waals surface area contributed by atoms with E-state index in [1.54, 1.807) is 0 Å². The highest BCUT2D eigenvalue weighted by atomic mass is 32.1. The second-order valence-electron chi connectivity index (χ2n) is 5.64. The Labute approximate surface area is 120 Å². The zero-order chi connectivity index (χ0) is 13.9. The molecule has 1 aromatic carbocycles. The second kappa shape index (κ2) is 5.88. The van der Waals surface area contributed by atoms with Crippen LogP contribution in [-0.2, 0) is 11.2 Å². The van der Waals surface area contributed by atoms with E-state index in [1.807, 2.05) is 24.3 Å². The molecule has 2 rings (SSSR count). The monoisotopic (exact) mass is 279 g/mol. The van der Waals surface area contributed by atoms with E-state index >= 15 is 0 Å². The number of rotatable bonds is 5. The predicted octanol–water partition coefficient (Wildman–Crippen LogP) is 2.85. The normalized spacial score (nSPS) is 21.3. The lowest BCUT2D eigenvalue weighted by atomic mass is 10.1. The highest BCUT2D eigenvalue weighted by Crippen LogP contribution is 2.29. The summed E-state index contributed by atoms with van der Waals surface area (Å²) in [6.07, 6.45) is 2.99. The molecule has 1 atom stereocenters. The van der Waals surface area contributed by atoms with Gasteiger partial charge in [-0.15, -0.1) is 0 Å². The minimum Gasteiger partial charge on any atom is -0.491 e. The summed E-state index contributed by atoms with van der Waals surface area (Å²) in [5.41, 5.74) is 6.62. The van der Waals surface area contributed by atoms with Crippen LogP contribution in [0.25, 0.3) is 0 Å². The third kappa shape index (κ3) is 4.48. The van der Waals surface area contributed by atoms with Crippen molar-refractivity contribution in [1.82, 2.24) is 0 Å². The Kier molecular flexibility index (Phi) is 4.42. The Morgan fingerprint density at radius 3 is 2.63 bits per heavy atom. The van der Waals surface area contributed by atoms with Gasteiger partial charge in [-0.1, -0.05) is 24.4 Å². The molecule has 0 spiro atoms. The SMILES string of the molecule is CC1(C)CCC(COc2ccc(CC(N)=S)cc2)O1. The molecule has 0 bridgehead atoms. The van der Waals surface area contributed by atoms with Gasteiger partial charge in [0.05, 0.1) is 16.7 Å². The molecular weight excluding hydrogens is 258 g/mol. The lowest BCUT2D eigenvalue weighted by Crippen LogP contribution is -2.23. The van der Waals surface area contributed by atoms with Crippen LogP contribution in [0.1, 0.15) is 32.3 Å². The Morgan fingerprint density at radius 1 is 1.42 bits per heavy atom. The molecule has 104 valence electrons. The zero-order valence-electron chi connectivity index (χ0n) is 11.5. The van der Waals surface area contributed by atoms with Gasteiger partial charge >= 0.3 is 0 Å². The first-order valence-electron chi connectivity index (χ1n) is 6.62. The number of nitrogens with two attached hydrogens (primary N) is 1. The van der Waals surface area contributed by atoms with Crippen molar-refractivity contribution in [3.05, 3.63) is 29.8 Å². The first kappa shape index (κ1) is 14.3. The van der Waals surface area contributed by atoms with Crippen LogP contribution in [0.3, 0.4) is 0 Å². The highest BCUT2D eigenvalue weighted by Gasteiger charge is 2.31. The Hall–Kier alpha value is -1.13. The Balaban J connectivity index is 1.82. The highest BCUT2D eigenvalue weighted by molar-refractivity contribution is 7.80. The van der Waals surface area contributed by atoms with Crippen molar-refractivity contribution in [2.75, 3.05) is 6.61 Å². The molecular formula is C15H21NO2S. The third-order valence-corrected chi connectivity index (χ3v) is 3.44. The van der Waals surface area contributed by atoms with Crippen LogP contribution in [0.15, 0.2) is 24.3 Å². The fourth-order valence-electron chi connectivity index (χ4n) is 2.29. The van der Waals surface area contributed by atoms with E-state index in [2.05, 4.69) is 13.8 Å². The van der Waals surface area contributed by atoms with Crippen LogP contribution < -0.4 is 10.5 Å². The van der Waals surface area contributed by atoms with Crippen LogP contribution in [0.2, 0.25) is 0 Å². The molecule has 0 radical (unpaired) electrons. The maximum Gasteiger partial charge on any atom is 0.119 e. The standard InChI is InChI=1S/C15H21NO2S/c1-15(2)8-7-13(18-15)10-17-12-5-3-11(4-6-12)9-14(16)19/h3-6,13H,7-10H2,1-2H3,(H2,16,19). The second-order valence-corrected chi connectivity index (χ2v) is 6.16. The fourth-order valence-corrected chi connectivity index (χ4v) is 2.46. The van der Waals surface area contributed by atoms with Crippen LogP contribution in [-0.4, -0.2) is 23.3 Å². The minimum absolute atomic E-state index is 0.00525. The minimum atomic E-state index is -0.00525. The smallest absolute Gasteiger partial charge is 0.119 e. The number of ether oxygens (including phenoxy) is 2. The summed E-state index contributed by atoms with van der Waals surface area (Å²) in [5, 5.41) is 0. The Bertz CT molecular complexity index is 442. The summed E-state index contributed by atoms with van der Waals surface area (Å²) in [7, 11) is 0. The van der Waals surface area contributed by atoms with Crippen LogP contribution in [0.4, 0.5) is 0 Å². The summed E-state index contributed by atoms with van der Waals surface area (Å²) in [6, 6.07) is 7.89. The molecule has 0 amide bonds. The van der Waals surface area contributed by atoms with Gasteiger partial charge in [0.2, 0.25) is 0 Å². The summed E-state index contributed by atoms with van der Waals surface area (Å²) in [4.78, 5) is 0.509. The van der Waals surface area contributed by atoms with E-state index < -0.39 is 0 Å². The molecule has 1 aliphatic rings. The number of hydrogen-bond donors (Lipinski definition) is 1. The maximum atomic E-state index is 5.89. The van der Waals surface area contributed by atoms with Gasteiger partial charge < -0.3 is 15.2 Å². The third-order valence-electron chi connectivity index (χ3n) is 3.29. The summed E-state index contributed by atoms with van der Waals surface area (Å²) >= 11 is 4.89. The molecule has 1 aliphatic heterocycles. The van der Waals surface area contributed by atoms with Crippen molar-refractivity contribution in [1.29, 1.82) is 0 Å². The van der Waals surface area contributed by atoms with Gasteiger partial charge in [0.25, 0.3) is 0 Å². The molecule has 1 saturated heterocycles. The average Bonchev–Trinajstić information content (AvgIpc) is 2.67. The quantitative estimate of drug-likeness (QED) is 0.842. The van der Waals surface area contributed by atoms with Crippen molar-refractivity contribution in [3.63, 3.8) is 0 Å². The predicted molar refractivity (Wildman–Crippen MR) is 80.6 cm³/mol. The largest absolute Gasteiger partial charge is 0.491 e. The first-order chi connectivity index (χ1) is 8.94. The van der Waals surface area contributed by atoms with E-state index in [1.165, 1.54) is 0 Å². The number of hydrogen-bond acceptors (Lipinski definition) is 3. The van der Waals surface area contributed by atoms with Crippen molar-refractivity contribution in [3.8, 4) is 5.75 Å². The molecule has 1 unspecified atom stereocenters. The van der Waals surface area contributed by atoms with Gasteiger partial charge in [0, 0.05) is 6.42 Å². The summed E-state index contributed by atoms with van der Waals surface area (Å²) in [6.45, 7) is 4.85. The van der Waals surface area contributed by atoms with E-state index in [-0.39, 0.29) is 11.7 Å². The molecule has 3 nitrogen and oxygen atoms in total. The first-order valence-corrected chi connectivity index (χ1v) is 7.03. The average molecular weight is 279 g/mol. The van der Waals surface area contributed by atoms with Gasteiger partial charge in [-0.3, -0.25) is 0 Å². The Morgan fingerprint density at radius 2 is 2.11 bits per heavy atom. The molecule has 4 heteroatoms. The van der Waals surface area contributed by atoms with Gasteiger partial charge in [-0.2, -0.15) is 0 Å². The van der Waals surface area contributed by atoms with Crippen LogP contribution in [0, 0.1) is 0 Å². The molecule has 2 N–H and O–H groups in total. The molecule has 1 aromatic rings. The molecule has 1 heterocycles. The van der Waals surface area contributed by atoms with Crippen LogP contribution in [0.5, 0.6) is 5.75 Å². The van der Waals surface area contributed by atoms with Crippen molar-refractivity contribution < 1.29 is 9.47 Å². The fraction of sp³-hybridized carbons (Fsp3) is 0.533. The summed E-state index contributed by atoms with van der Waals surface area (Å²) < 4.78 is 11.6.